The van der Waals surface area contributed by atoms with E-state index in [0.717, 1.165) is 26.2 Å². The van der Waals surface area contributed by atoms with Gasteiger partial charge in [-0.15, -0.1) is 0 Å². The van der Waals surface area contributed by atoms with Crippen molar-refractivity contribution in [1.29, 1.82) is 0 Å². The predicted octanol–water partition coefficient (Wildman–Crippen LogP) is 3.21. The molecule has 3 heteroatoms. The third-order valence-corrected chi connectivity index (χ3v) is 3.12. The Labute approximate surface area is 112 Å². The van der Waals surface area contributed by atoms with Gasteiger partial charge in [-0.1, -0.05) is 20.3 Å². The molecule has 3 nitrogen and oxygen atoms in total. The van der Waals surface area contributed by atoms with E-state index < -0.39 is 0 Å². The van der Waals surface area contributed by atoms with Gasteiger partial charge >= 0.3 is 0 Å². The van der Waals surface area contributed by atoms with Crippen LogP contribution in [0.5, 0.6) is 0 Å². The Hall–Kier alpha value is -1.09. The molecule has 0 aliphatic carbocycles. The van der Waals surface area contributed by atoms with E-state index in [0.29, 0.717) is 0 Å². The normalized spacial score (nSPS) is 10.6. The lowest BCUT2D eigenvalue weighted by Crippen LogP contribution is -2.26. The lowest BCUT2D eigenvalue weighted by Gasteiger charge is -2.25. The second-order valence-electron chi connectivity index (χ2n) is 4.61. The summed E-state index contributed by atoms with van der Waals surface area (Å²) >= 11 is 0. The third-order valence-electron chi connectivity index (χ3n) is 3.12. The maximum absolute atomic E-state index is 4.25. The highest BCUT2D eigenvalue weighted by molar-refractivity contribution is 5.52. The maximum atomic E-state index is 4.25. The average Bonchev–Trinajstić information content (AvgIpc) is 2.41. The van der Waals surface area contributed by atoms with E-state index in [1.54, 1.807) is 0 Å². The molecule has 0 spiro atoms. The highest BCUT2D eigenvalue weighted by atomic mass is 15.1. The standard InChI is InChI=1S/C15H27N3/c1-4-7-11-18(6-3)15-8-10-17-13-14(15)12-16-9-5-2/h8,10,13,16H,4-7,9,11-12H2,1-3H3. The topological polar surface area (TPSA) is 28.2 Å². The molecule has 1 rings (SSSR count). The minimum absolute atomic E-state index is 0.916. The molecular weight excluding hydrogens is 222 g/mol. The Bertz CT molecular complexity index is 325. The number of unbranched alkanes of at least 4 members (excludes halogenated alkanes) is 1. The van der Waals surface area contributed by atoms with Crippen LogP contribution < -0.4 is 10.2 Å². The number of aromatic nitrogens is 1. The SMILES string of the molecule is CCCCN(CC)c1ccncc1CNCCC. The summed E-state index contributed by atoms with van der Waals surface area (Å²) in [4.78, 5) is 6.71. The summed E-state index contributed by atoms with van der Waals surface area (Å²) in [5.74, 6) is 0. The van der Waals surface area contributed by atoms with Crippen molar-refractivity contribution < 1.29 is 0 Å². The van der Waals surface area contributed by atoms with Crippen LogP contribution >= 0.6 is 0 Å². The first kappa shape index (κ1) is 15.0. The highest BCUT2D eigenvalue weighted by Gasteiger charge is 2.08. The van der Waals surface area contributed by atoms with Gasteiger partial charge in [-0.2, -0.15) is 0 Å². The van der Waals surface area contributed by atoms with Crippen LogP contribution in [0.1, 0.15) is 45.6 Å². The number of anilines is 1. The van der Waals surface area contributed by atoms with Gasteiger partial charge in [-0.25, -0.2) is 0 Å². The predicted molar refractivity (Wildman–Crippen MR) is 79.0 cm³/mol. The van der Waals surface area contributed by atoms with Gasteiger partial charge < -0.3 is 10.2 Å². The van der Waals surface area contributed by atoms with Gasteiger partial charge in [0.1, 0.15) is 0 Å². The van der Waals surface area contributed by atoms with Crippen LogP contribution in [-0.2, 0) is 6.54 Å². The van der Waals surface area contributed by atoms with Crippen LogP contribution in [0, 0.1) is 0 Å². The van der Waals surface area contributed by atoms with Crippen LogP contribution in [-0.4, -0.2) is 24.6 Å². The minimum Gasteiger partial charge on any atom is -0.371 e. The fourth-order valence-corrected chi connectivity index (χ4v) is 2.06. The number of hydrogen-bond donors (Lipinski definition) is 1. The minimum atomic E-state index is 0.916. The van der Waals surface area contributed by atoms with Crippen LogP contribution in [0.3, 0.4) is 0 Å². The molecule has 102 valence electrons. The monoisotopic (exact) mass is 249 g/mol. The van der Waals surface area contributed by atoms with Crippen molar-refractivity contribution in [3.63, 3.8) is 0 Å². The zero-order valence-electron chi connectivity index (χ0n) is 12.1. The van der Waals surface area contributed by atoms with Crippen LogP contribution in [0.15, 0.2) is 18.5 Å². The van der Waals surface area contributed by atoms with Gasteiger partial charge in [0.25, 0.3) is 0 Å². The van der Waals surface area contributed by atoms with Crippen molar-refractivity contribution in [2.75, 3.05) is 24.5 Å². The Morgan fingerprint density at radius 3 is 2.72 bits per heavy atom. The average molecular weight is 249 g/mol. The van der Waals surface area contributed by atoms with E-state index in [4.69, 9.17) is 0 Å². The number of hydrogen-bond acceptors (Lipinski definition) is 3. The molecule has 0 amide bonds. The zero-order valence-corrected chi connectivity index (χ0v) is 12.1. The van der Waals surface area contributed by atoms with E-state index >= 15 is 0 Å². The molecule has 1 aromatic rings. The summed E-state index contributed by atoms with van der Waals surface area (Å²) in [6, 6.07) is 2.14. The molecular formula is C15H27N3. The second-order valence-corrected chi connectivity index (χ2v) is 4.61. The van der Waals surface area contributed by atoms with Crippen LogP contribution in [0.2, 0.25) is 0 Å². The van der Waals surface area contributed by atoms with E-state index in [9.17, 15) is 0 Å². The third kappa shape index (κ3) is 4.65. The van der Waals surface area contributed by atoms with Gasteiger partial charge in [-0.05, 0) is 32.4 Å². The van der Waals surface area contributed by atoms with Crippen molar-refractivity contribution in [3.8, 4) is 0 Å². The molecule has 0 fully saturated rings. The number of nitrogens with one attached hydrogen (secondary N) is 1. The highest BCUT2D eigenvalue weighted by Crippen LogP contribution is 2.19. The van der Waals surface area contributed by atoms with Crippen molar-refractivity contribution in [2.24, 2.45) is 0 Å². The molecule has 0 atom stereocenters. The van der Waals surface area contributed by atoms with Gasteiger partial charge in [0.15, 0.2) is 0 Å². The quantitative estimate of drug-likeness (QED) is 0.681. The summed E-state index contributed by atoms with van der Waals surface area (Å²) in [6.07, 6.45) is 7.55. The first-order valence-electron chi connectivity index (χ1n) is 7.22. The zero-order chi connectivity index (χ0) is 13.2. The second kappa shape index (κ2) is 8.92. The fourth-order valence-electron chi connectivity index (χ4n) is 2.06. The number of pyridine rings is 1. The largest absolute Gasteiger partial charge is 0.371 e. The summed E-state index contributed by atoms with van der Waals surface area (Å²) in [5, 5.41) is 3.46. The van der Waals surface area contributed by atoms with Crippen LogP contribution in [0.4, 0.5) is 5.69 Å². The van der Waals surface area contributed by atoms with E-state index in [2.05, 4.69) is 42.0 Å². The molecule has 18 heavy (non-hydrogen) atoms. The van der Waals surface area contributed by atoms with Crippen molar-refractivity contribution >= 4 is 5.69 Å². The number of nitrogens with zero attached hydrogens (tertiary/aromatic N) is 2. The fraction of sp³-hybridized carbons (Fsp3) is 0.667. The summed E-state index contributed by atoms with van der Waals surface area (Å²) in [6.45, 7) is 10.8. The molecule has 0 aromatic carbocycles. The first-order chi connectivity index (χ1) is 8.83. The van der Waals surface area contributed by atoms with Crippen molar-refractivity contribution in [1.82, 2.24) is 10.3 Å². The molecule has 0 saturated carbocycles. The molecule has 0 saturated heterocycles. The van der Waals surface area contributed by atoms with Crippen molar-refractivity contribution in [3.05, 3.63) is 24.0 Å². The van der Waals surface area contributed by atoms with E-state index in [-0.39, 0.29) is 0 Å². The van der Waals surface area contributed by atoms with Gasteiger partial charge in [0.2, 0.25) is 0 Å². The molecule has 0 aliphatic heterocycles. The smallest absolute Gasteiger partial charge is 0.0442 e. The molecule has 1 heterocycles. The summed E-state index contributed by atoms with van der Waals surface area (Å²) in [5.41, 5.74) is 2.65. The molecule has 0 unspecified atom stereocenters. The van der Waals surface area contributed by atoms with Crippen molar-refractivity contribution in [2.45, 2.75) is 46.6 Å². The lowest BCUT2D eigenvalue weighted by atomic mass is 10.2. The van der Waals surface area contributed by atoms with E-state index in [1.165, 1.54) is 30.5 Å². The van der Waals surface area contributed by atoms with Gasteiger partial charge in [0.05, 0.1) is 0 Å². The Balaban J connectivity index is 2.71. The lowest BCUT2D eigenvalue weighted by molar-refractivity contribution is 0.667. The number of rotatable bonds is 9. The first-order valence-corrected chi connectivity index (χ1v) is 7.22. The summed E-state index contributed by atoms with van der Waals surface area (Å²) < 4.78 is 0. The molecule has 1 N–H and O–H groups in total. The molecule has 0 bridgehead atoms. The molecule has 1 aromatic heterocycles. The molecule has 0 aliphatic rings. The maximum Gasteiger partial charge on any atom is 0.0442 e. The Morgan fingerprint density at radius 1 is 1.22 bits per heavy atom. The summed E-state index contributed by atoms with van der Waals surface area (Å²) in [7, 11) is 0. The van der Waals surface area contributed by atoms with Crippen LogP contribution in [0.25, 0.3) is 0 Å². The Kier molecular flexibility index (Phi) is 7.42. The van der Waals surface area contributed by atoms with Gasteiger partial charge in [0, 0.05) is 43.3 Å². The Morgan fingerprint density at radius 2 is 2.06 bits per heavy atom. The van der Waals surface area contributed by atoms with Gasteiger partial charge in [-0.3, -0.25) is 4.98 Å². The molecule has 0 radical (unpaired) electrons. The van der Waals surface area contributed by atoms with E-state index in [1.807, 2.05) is 12.4 Å².